The number of nitrogens with two attached hydrogens (primary N) is 1. The molecule has 0 spiro atoms. The zero-order valence-electron chi connectivity index (χ0n) is 11.5. The molecule has 5 unspecified atom stereocenters. The highest BCUT2D eigenvalue weighted by atomic mass is 31.2. The fraction of sp³-hybridized carbons (Fsp3) is 0.800. The third kappa shape index (κ3) is 7.63. The molecule has 21 heavy (non-hydrogen) atoms. The molecule has 0 saturated heterocycles. The van der Waals surface area contributed by atoms with Crippen molar-refractivity contribution in [3.05, 3.63) is 0 Å². The smallest absolute Gasteiger partial charge is 0.329 e. The first-order valence-corrected chi connectivity index (χ1v) is 7.84. The second-order valence-electron chi connectivity index (χ2n) is 4.36. The van der Waals surface area contributed by atoms with Gasteiger partial charge in [0.1, 0.15) is 30.6 Å². The Balaban J connectivity index is 4.54. The van der Waals surface area contributed by atoms with Gasteiger partial charge in [0.2, 0.25) is 5.91 Å². The lowest BCUT2D eigenvalue weighted by molar-refractivity contribution is -0.129. The van der Waals surface area contributed by atoms with Crippen molar-refractivity contribution in [1.29, 1.82) is 0 Å². The van der Waals surface area contributed by atoms with Gasteiger partial charge in [-0.2, -0.15) is 0 Å². The number of nitrogens with one attached hydrogen (secondary N) is 1. The van der Waals surface area contributed by atoms with E-state index in [0.29, 0.717) is 0 Å². The Morgan fingerprint density at radius 2 is 1.95 bits per heavy atom. The summed E-state index contributed by atoms with van der Waals surface area (Å²) < 4.78 is 15.9. The largest absolute Gasteiger partial charge is 0.388 e. The normalized spacial score (nSPS) is 19.9. The summed E-state index contributed by atoms with van der Waals surface area (Å²) in [5.74, 6) is -0.619. The average Bonchev–Trinajstić information content (AvgIpc) is 2.40. The number of aliphatic hydroxyl groups excluding tert-OH is 3. The van der Waals surface area contributed by atoms with Crippen LogP contribution in [0.4, 0.5) is 0 Å². The van der Waals surface area contributed by atoms with Gasteiger partial charge in [0.05, 0.1) is 12.8 Å². The molecule has 0 rings (SSSR count). The van der Waals surface area contributed by atoms with E-state index >= 15 is 0 Å². The van der Waals surface area contributed by atoms with Crippen LogP contribution in [0.3, 0.4) is 0 Å². The van der Waals surface area contributed by atoms with Crippen LogP contribution in [-0.2, 0) is 18.7 Å². The molecule has 11 heteroatoms. The topological polar surface area (TPSA) is 179 Å². The van der Waals surface area contributed by atoms with Crippen molar-refractivity contribution in [3.63, 3.8) is 0 Å². The Kier molecular flexibility index (Phi) is 8.83. The Morgan fingerprint density at radius 3 is 2.38 bits per heavy atom. The number of aldehydes is 1. The molecule has 0 aromatic rings. The molecule has 10 nitrogen and oxygen atoms in total. The molecule has 0 aromatic carbocycles. The third-order valence-electron chi connectivity index (χ3n) is 2.49. The van der Waals surface area contributed by atoms with Crippen molar-refractivity contribution >= 4 is 19.8 Å². The van der Waals surface area contributed by atoms with Gasteiger partial charge in [0.15, 0.2) is 0 Å². The van der Waals surface area contributed by atoms with E-state index in [4.69, 9.17) is 5.73 Å². The van der Waals surface area contributed by atoms with E-state index in [1.807, 2.05) is 0 Å². The van der Waals surface area contributed by atoms with Crippen LogP contribution in [0, 0.1) is 0 Å². The summed E-state index contributed by atoms with van der Waals surface area (Å²) in [6.45, 7) is 0.242. The summed E-state index contributed by atoms with van der Waals surface area (Å²) in [6, 6.07) is -1.43. The van der Waals surface area contributed by atoms with E-state index in [2.05, 4.69) is 9.84 Å². The van der Waals surface area contributed by atoms with Crippen LogP contribution in [0.25, 0.3) is 0 Å². The van der Waals surface area contributed by atoms with E-state index in [1.165, 1.54) is 0 Å². The zero-order chi connectivity index (χ0) is 16.6. The molecule has 0 fully saturated rings. The highest BCUT2D eigenvalue weighted by Gasteiger charge is 2.33. The van der Waals surface area contributed by atoms with Crippen LogP contribution >= 0.6 is 7.60 Å². The van der Waals surface area contributed by atoms with Crippen molar-refractivity contribution in [1.82, 2.24) is 5.32 Å². The lowest BCUT2D eigenvalue weighted by atomic mass is 10.0. The Bertz CT molecular complexity index is 393. The Morgan fingerprint density at radius 1 is 1.38 bits per heavy atom. The Hall–Kier alpha value is -0.870. The average molecular weight is 328 g/mol. The van der Waals surface area contributed by atoms with Crippen LogP contribution in [0.5, 0.6) is 0 Å². The molecule has 0 aliphatic carbocycles. The maximum absolute atomic E-state index is 11.3. The van der Waals surface area contributed by atoms with Gasteiger partial charge in [-0.25, -0.2) is 0 Å². The van der Waals surface area contributed by atoms with Gasteiger partial charge >= 0.3 is 7.60 Å². The van der Waals surface area contributed by atoms with Gasteiger partial charge in [-0.3, -0.25) is 9.36 Å². The second kappa shape index (κ2) is 9.21. The van der Waals surface area contributed by atoms with Crippen molar-refractivity contribution in [3.8, 4) is 0 Å². The molecular formula is C10H21N2O8P. The van der Waals surface area contributed by atoms with Crippen molar-refractivity contribution in [2.75, 3.05) is 19.3 Å². The summed E-state index contributed by atoms with van der Waals surface area (Å²) in [7, 11) is -3.99. The summed E-state index contributed by atoms with van der Waals surface area (Å²) in [5, 5.41) is 30.9. The van der Waals surface area contributed by atoms with E-state index in [9.17, 15) is 34.4 Å². The molecule has 0 aliphatic rings. The van der Waals surface area contributed by atoms with Crippen molar-refractivity contribution in [2.45, 2.75) is 31.3 Å². The molecule has 0 aromatic heterocycles. The van der Waals surface area contributed by atoms with Crippen LogP contribution in [0.1, 0.15) is 6.92 Å². The fourth-order valence-corrected chi connectivity index (χ4v) is 2.23. The van der Waals surface area contributed by atoms with Crippen LogP contribution < -0.4 is 11.1 Å². The minimum absolute atomic E-state index is 0.106. The lowest BCUT2D eigenvalue weighted by Crippen LogP contribution is -2.53. The first-order valence-electron chi connectivity index (χ1n) is 6.07. The molecule has 124 valence electrons. The highest BCUT2D eigenvalue weighted by molar-refractivity contribution is 7.52. The van der Waals surface area contributed by atoms with Crippen molar-refractivity contribution in [2.24, 2.45) is 5.73 Å². The standard InChI is InChI=1S/C10H21N2O8P/c1-6(14)12-7(4-13)9(16)10(17)8(15)5-20-21(18,19)3-2-11/h4,7-10,15-17H,2-3,5,11H2,1H3,(H,12,14)(H,18,19). The van der Waals surface area contributed by atoms with E-state index in [-0.39, 0.29) is 19.0 Å². The minimum Gasteiger partial charge on any atom is -0.388 e. The molecule has 0 bridgehead atoms. The molecule has 0 radical (unpaired) electrons. The predicted octanol–water partition coefficient (Wildman–Crippen LogP) is -3.07. The van der Waals surface area contributed by atoms with E-state index < -0.39 is 44.5 Å². The molecule has 7 N–H and O–H groups in total. The first-order chi connectivity index (χ1) is 9.64. The molecule has 0 heterocycles. The number of amides is 1. The van der Waals surface area contributed by atoms with Gasteiger partial charge in [-0.1, -0.05) is 0 Å². The van der Waals surface area contributed by atoms with Crippen LogP contribution in [0.2, 0.25) is 0 Å². The molecule has 5 atom stereocenters. The number of hydrogen-bond acceptors (Lipinski definition) is 8. The first kappa shape index (κ1) is 20.1. The summed E-state index contributed by atoms with van der Waals surface area (Å²) in [4.78, 5) is 30.8. The highest BCUT2D eigenvalue weighted by Crippen LogP contribution is 2.40. The van der Waals surface area contributed by atoms with E-state index in [1.54, 1.807) is 0 Å². The van der Waals surface area contributed by atoms with Gasteiger partial charge in [0, 0.05) is 13.5 Å². The SMILES string of the molecule is CC(=O)NC(C=O)C(O)C(O)C(O)COP(=O)(O)CCN. The van der Waals surface area contributed by atoms with Gasteiger partial charge in [0.25, 0.3) is 0 Å². The van der Waals surface area contributed by atoms with Gasteiger partial charge in [-0.05, 0) is 0 Å². The monoisotopic (exact) mass is 328 g/mol. The van der Waals surface area contributed by atoms with Crippen molar-refractivity contribution < 1.29 is 38.9 Å². The number of rotatable bonds is 10. The number of carbonyl (C=O) groups excluding carboxylic acids is 2. The summed E-state index contributed by atoms with van der Waals surface area (Å²) >= 11 is 0. The number of aliphatic hydroxyl groups is 3. The molecule has 0 saturated carbocycles. The zero-order valence-corrected chi connectivity index (χ0v) is 12.3. The fourth-order valence-electron chi connectivity index (χ4n) is 1.39. The van der Waals surface area contributed by atoms with Crippen LogP contribution in [-0.4, -0.2) is 76.1 Å². The Labute approximate surface area is 121 Å². The third-order valence-corrected chi connectivity index (χ3v) is 3.86. The molecule has 1 amide bonds. The van der Waals surface area contributed by atoms with E-state index in [0.717, 1.165) is 6.92 Å². The quantitative estimate of drug-likeness (QED) is 0.179. The van der Waals surface area contributed by atoms with Gasteiger partial charge < -0.3 is 40.6 Å². The lowest BCUT2D eigenvalue weighted by Gasteiger charge is -2.27. The summed E-state index contributed by atoms with van der Waals surface area (Å²) in [6.07, 6.45) is -5.56. The predicted molar refractivity (Wildman–Crippen MR) is 71.4 cm³/mol. The maximum Gasteiger partial charge on any atom is 0.329 e. The second-order valence-corrected chi connectivity index (χ2v) is 6.34. The molecular weight excluding hydrogens is 307 g/mol. The number of hydrogen-bond donors (Lipinski definition) is 6. The maximum atomic E-state index is 11.3. The molecule has 0 aliphatic heterocycles. The minimum atomic E-state index is -3.99. The van der Waals surface area contributed by atoms with Crippen LogP contribution in [0.15, 0.2) is 0 Å². The summed E-state index contributed by atoms with van der Waals surface area (Å²) in [5.41, 5.74) is 5.09. The van der Waals surface area contributed by atoms with Gasteiger partial charge in [-0.15, -0.1) is 0 Å². The number of carbonyl (C=O) groups is 2.